The van der Waals surface area contributed by atoms with Gasteiger partial charge in [0.1, 0.15) is 0 Å². The molecule has 116 valence electrons. The second-order valence-corrected chi connectivity index (χ2v) is 5.63. The molecule has 0 aromatic rings. The summed E-state index contributed by atoms with van der Waals surface area (Å²) in [6, 6.07) is 0.00784. The second kappa shape index (κ2) is 6.92. The molecule has 1 rings (SSSR count). The third-order valence-electron chi connectivity index (χ3n) is 4.26. The van der Waals surface area contributed by atoms with Gasteiger partial charge in [-0.2, -0.15) is 0 Å². The highest BCUT2D eigenvalue weighted by molar-refractivity contribution is 5.74. The van der Waals surface area contributed by atoms with E-state index >= 15 is 0 Å². The van der Waals surface area contributed by atoms with Crippen molar-refractivity contribution in [3.8, 4) is 0 Å². The Morgan fingerprint density at radius 2 is 1.65 bits per heavy atom. The highest BCUT2D eigenvalue weighted by Crippen LogP contribution is 2.32. The predicted molar refractivity (Wildman–Crippen MR) is 77.8 cm³/mol. The fourth-order valence-corrected chi connectivity index (χ4v) is 3.18. The van der Waals surface area contributed by atoms with Crippen LogP contribution in [-0.4, -0.2) is 77.6 Å². The molecule has 0 atom stereocenters. The van der Waals surface area contributed by atoms with Gasteiger partial charge in [-0.25, -0.2) is 4.79 Å². The number of hydrogen-bond acceptors (Lipinski definition) is 3. The summed E-state index contributed by atoms with van der Waals surface area (Å²) in [6.07, 6.45) is 1.60. The molecule has 1 fully saturated rings. The molecule has 2 amide bonds. The Bertz CT molecular complexity index is 346. The topological polar surface area (TPSA) is 64.1 Å². The van der Waals surface area contributed by atoms with E-state index in [9.17, 15) is 14.7 Å². The molecule has 1 saturated heterocycles. The Labute approximate surface area is 121 Å². The molecule has 20 heavy (non-hydrogen) atoms. The normalized spacial score (nSPS) is 18.1. The van der Waals surface area contributed by atoms with E-state index in [-0.39, 0.29) is 18.0 Å². The molecule has 0 bridgehead atoms. The van der Waals surface area contributed by atoms with Crippen molar-refractivity contribution in [1.82, 2.24) is 14.7 Å². The minimum Gasteiger partial charge on any atom is -0.481 e. The van der Waals surface area contributed by atoms with Crippen molar-refractivity contribution in [2.45, 2.75) is 38.6 Å². The summed E-state index contributed by atoms with van der Waals surface area (Å²) in [4.78, 5) is 28.8. The van der Waals surface area contributed by atoms with E-state index in [1.165, 1.54) is 0 Å². The zero-order valence-electron chi connectivity index (χ0n) is 13.1. The summed E-state index contributed by atoms with van der Waals surface area (Å²) in [5.74, 6) is -0.760. The average Bonchev–Trinajstić information content (AvgIpc) is 2.39. The van der Waals surface area contributed by atoms with Crippen LogP contribution in [0.2, 0.25) is 0 Å². The van der Waals surface area contributed by atoms with Crippen LogP contribution >= 0.6 is 0 Å². The van der Waals surface area contributed by atoms with Gasteiger partial charge in [-0.15, -0.1) is 0 Å². The van der Waals surface area contributed by atoms with Crippen molar-refractivity contribution >= 4 is 12.0 Å². The number of amides is 2. The summed E-state index contributed by atoms with van der Waals surface area (Å²) in [5, 5.41) is 9.22. The maximum absolute atomic E-state index is 12.0. The van der Waals surface area contributed by atoms with Crippen LogP contribution < -0.4 is 0 Å². The lowest BCUT2D eigenvalue weighted by Crippen LogP contribution is -2.58. The molecule has 1 aliphatic heterocycles. The predicted octanol–water partition coefficient (Wildman–Crippen LogP) is 1.32. The van der Waals surface area contributed by atoms with Crippen LogP contribution in [0, 0.1) is 0 Å². The van der Waals surface area contributed by atoms with Crippen LogP contribution in [0.25, 0.3) is 0 Å². The molecule has 1 aliphatic rings. The van der Waals surface area contributed by atoms with Gasteiger partial charge < -0.3 is 14.9 Å². The highest BCUT2D eigenvalue weighted by atomic mass is 16.4. The van der Waals surface area contributed by atoms with Crippen molar-refractivity contribution in [3.05, 3.63) is 0 Å². The number of carboxylic acid groups (broad SMARTS) is 1. The van der Waals surface area contributed by atoms with Gasteiger partial charge in [-0.3, -0.25) is 9.69 Å². The lowest BCUT2D eigenvalue weighted by molar-refractivity contribution is -0.141. The van der Waals surface area contributed by atoms with Gasteiger partial charge >= 0.3 is 12.0 Å². The maximum atomic E-state index is 12.0. The molecule has 0 aromatic heterocycles. The Kier molecular flexibility index (Phi) is 5.80. The van der Waals surface area contributed by atoms with Gasteiger partial charge in [-0.05, 0) is 25.9 Å². The lowest BCUT2D eigenvalue weighted by Gasteiger charge is -2.48. The Morgan fingerprint density at radius 3 is 2.00 bits per heavy atom. The number of piperidine rings is 1. The summed E-state index contributed by atoms with van der Waals surface area (Å²) in [6.45, 7) is 7.05. The number of likely N-dealkylation sites (tertiary alicyclic amines) is 1. The third-order valence-corrected chi connectivity index (χ3v) is 4.26. The lowest BCUT2D eigenvalue weighted by atomic mass is 9.82. The van der Waals surface area contributed by atoms with Crippen LogP contribution in [0.5, 0.6) is 0 Å². The SMILES string of the molecule is CCN(CC)C1(CC(=O)O)CCN(C(=O)N(C)C)CC1. The molecule has 0 aromatic carbocycles. The Balaban J connectivity index is 2.80. The number of nitrogens with zero attached hydrogens (tertiary/aromatic N) is 3. The third kappa shape index (κ3) is 3.62. The molecular formula is C14H27N3O3. The summed E-state index contributed by atoms with van der Waals surface area (Å²) >= 11 is 0. The smallest absolute Gasteiger partial charge is 0.319 e. The van der Waals surface area contributed by atoms with Gasteiger partial charge in [0.2, 0.25) is 0 Å². The number of carbonyl (C=O) groups excluding carboxylic acids is 1. The van der Waals surface area contributed by atoms with Gasteiger partial charge in [0.05, 0.1) is 6.42 Å². The number of rotatable bonds is 5. The summed E-state index contributed by atoms with van der Waals surface area (Å²) in [7, 11) is 3.48. The summed E-state index contributed by atoms with van der Waals surface area (Å²) in [5.41, 5.74) is -0.307. The van der Waals surface area contributed by atoms with E-state index in [4.69, 9.17) is 0 Å². The monoisotopic (exact) mass is 285 g/mol. The molecular weight excluding hydrogens is 258 g/mol. The zero-order valence-corrected chi connectivity index (χ0v) is 13.1. The second-order valence-electron chi connectivity index (χ2n) is 5.63. The Morgan fingerprint density at radius 1 is 1.15 bits per heavy atom. The van der Waals surface area contributed by atoms with E-state index in [0.29, 0.717) is 13.1 Å². The van der Waals surface area contributed by atoms with Gasteiger partial charge in [0, 0.05) is 32.7 Å². The van der Waals surface area contributed by atoms with E-state index in [1.807, 2.05) is 4.90 Å². The van der Waals surface area contributed by atoms with Crippen molar-refractivity contribution in [3.63, 3.8) is 0 Å². The van der Waals surface area contributed by atoms with E-state index in [0.717, 1.165) is 25.9 Å². The number of urea groups is 1. The molecule has 0 spiro atoms. The number of carboxylic acids is 1. The maximum Gasteiger partial charge on any atom is 0.319 e. The van der Waals surface area contributed by atoms with Crippen LogP contribution in [0.3, 0.4) is 0 Å². The van der Waals surface area contributed by atoms with Crippen molar-refractivity contribution in [2.75, 3.05) is 40.3 Å². The summed E-state index contributed by atoms with van der Waals surface area (Å²) < 4.78 is 0. The minimum atomic E-state index is -0.760. The largest absolute Gasteiger partial charge is 0.481 e. The van der Waals surface area contributed by atoms with Gasteiger partial charge in [-0.1, -0.05) is 13.8 Å². The average molecular weight is 285 g/mol. The van der Waals surface area contributed by atoms with Gasteiger partial charge in [0.15, 0.2) is 0 Å². The van der Waals surface area contributed by atoms with Crippen LogP contribution in [0.4, 0.5) is 4.79 Å². The molecule has 6 nitrogen and oxygen atoms in total. The molecule has 6 heteroatoms. The molecule has 0 aliphatic carbocycles. The van der Waals surface area contributed by atoms with E-state index < -0.39 is 5.97 Å². The molecule has 0 unspecified atom stereocenters. The first-order valence-corrected chi connectivity index (χ1v) is 7.29. The van der Waals surface area contributed by atoms with Crippen LogP contribution in [-0.2, 0) is 4.79 Å². The quantitative estimate of drug-likeness (QED) is 0.827. The first-order valence-electron chi connectivity index (χ1n) is 7.29. The minimum absolute atomic E-state index is 0.00784. The van der Waals surface area contributed by atoms with Crippen molar-refractivity contribution in [2.24, 2.45) is 0 Å². The van der Waals surface area contributed by atoms with E-state index in [1.54, 1.807) is 19.0 Å². The molecule has 1 heterocycles. The highest BCUT2D eigenvalue weighted by Gasteiger charge is 2.41. The van der Waals surface area contributed by atoms with E-state index in [2.05, 4.69) is 18.7 Å². The zero-order chi connectivity index (χ0) is 15.3. The number of hydrogen-bond donors (Lipinski definition) is 1. The molecule has 1 N–H and O–H groups in total. The number of aliphatic carboxylic acids is 1. The molecule has 0 radical (unpaired) electrons. The van der Waals surface area contributed by atoms with Crippen molar-refractivity contribution < 1.29 is 14.7 Å². The van der Waals surface area contributed by atoms with Crippen molar-refractivity contribution in [1.29, 1.82) is 0 Å². The number of carbonyl (C=O) groups is 2. The first-order chi connectivity index (χ1) is 9.36. The van der Waals surface area contributed by atoms with Crippen LogP contribution in [0.1, 0.15) is 33.1 Å². The van der Waals surface area contributed by atoms with Crippen LogP contribution in [0.15, 0.2) is 0 Å². The fourth-order valence-electron chi connectivity index (χ4n) is 3.18. The van der Waals surface area contributed by atoms with Gasteiger partial charge in [0.25, 0.3) is 0 Å². The first kappa shape index (κ1) is 16.8. The Hall–Kier alpha value is -1.30. The molecule has 0 saturated carbocycles. The fraction of sp³-hybridized carbons (Fsp3) is 0.857. The standard InChI is InChI=1S/C14H27N3O3/c1-5-17(6-2)14(11-12(18)19)7-9-16(10-8-14)13(20)15(3)4/h5-11H2,1-4H3,(H,18,19).